The topological polar surface area (TPSA) is 55.2 Å². The largest absolute Gasteiger partial charge is 0.342 e. The predicted molar refractivity (Wildman–Crippen MR) is 116 cm³/mol. The van der Waals surface area contributed by atoms with Crippen LogP contribution >= 0.6 is 23.1 Å². The molecule has 0 spiro atoms. The zero-order chi connectivity index (χ0) is 20.0. The molecule has 0 atom stereocenters. The van der Waals surface area contributed by atoms with Crippen molar-refractivity contribution in [2.24, 2.45) is 0 Å². The Balaban J connectivity index is 1.87. The third kappa shape index (κ3) is 3.16. The molecular weight excluding hydrogens is 390 g/mol. The minimum atomic E-state index is -0.0561. The summed E-state index contributed by atoms with van der Waals surface area (Å²) < 4.78 is 1.69. The van der Waals surface area contributed by atoms with E-state index in [-0.39, 0.29) is 11.5 Å². The molecule has 2 aromatic heterocycles. The number of benzene rings is 1. The second kappa shape index (κ2) is 7.37. The molecule has 28 heavy (non-hydrogen) atoms. The molecule has 1 aliphatic heterocycles. The molecule has 0 radical (unpaired) electrons. The highest BCUT2D eigenvalue weighted by Crippen LogP contribution is 2.30. The van der Waals surface area contributed by atoms with Crippen molar-refractivity contribution in [3.8, 4) is 5.69 Å². The number of hydrogen-bond donors (Lipinski definition) is 0. The first-order valence-corrected chi connectivity index (χ1v) is 11.2. The molecule has 3 aromatic rings. The van der Waals surface area contributed by atoms with Crippen LogP contribution in [0.3, 0.4) is 0 Å². The Kier molecular flexibility index (Phi) is 5.05. The molecule has 1 aliphatic rings. The van der Waals surface area contributed by atoms with Gasteiger partial charge in [-0.2, -0.15) is 0 Å². The van der Waals surface area contributed by atoms with Crippen LogP contribution in [-0.4, -0.2) is 39.2 Å². The van der Waals surface area contributed by atoms with Crippen molar-refractivity contribution in [3.05, 3.63) is 50.1 Å². The van der Waals surface area contributed by atoms with E-state index in [0.717, 1.165) is 51.6 Å². The highest BCUT2D eigenvalue weighted by atomic mass is 32.2. The molecule has 0 aliphatic carbocycles. The molecule has 1 amide bonds. The van der Waals surface area contributed by atoms with Gasteiger partial charge in [0, 0.05) is 18.0 Å². The summed E-state index contributed by atoms with van der Waals surface area (Å²) in [6.45, 7) is 9.72. The Bertz CT molecular complexity index is 1140. The Morgan fingerprint density at radius 2 is 1.93 bits per heavy atom. The second-order valence-corrected chi connectivity index (χ2v) is 9.39. The molecule has 0 unspecified atom stereocenters. The van der Waals surface area contributed by atoms with Crippen LogP contribution < -0.4 is 5.56 Å². The lowest BCUT2D eigenvalue weighted by Crippen LogP contribution is -2.43. The van der Waals surface area contributed by atoms with Gasteiger partial charge < -0.3 is 4.90 Å². The van der Waals surface area contributed by atoms with Crippen molar-refractivity contribution in [2.45, 2.75) is 39.3 Å². The maximum absolute atomic E-state index is 13.5. The average molecular weight is 414 g/mol. The number of carbonyl (C=O) groups excluding carboxylic acids is 1. The van der Waals surface area contributed by atoms with E-state index in [2.05, 4.69) is 0 Å². The first-order chi connectivity index (χ1) is 13.4. The van der Waals surface area contributed by atoms with Gasteiger partial charge in [-0.3, -0.25) is 14.2 Å². The zero-order valence-corrected chi connectivity index (χ0v) is 18.2. The van der Waals surface area contributed by atoms with Gasteiger partial charge in [-0.15, -0.1) is 11.3 Å². The van der Waals surface area contributed by atoms with Gasteiger partial charge in [-0.1, -0.05) is 23.9 Å². The number of likely N-dealkylation sites (tertiary alicyclic amines) is 1. The third-order valence-corrected chi connectivity index (χ3v) is 7.55. The highest BCUT2D eigenvalue weighted by molar-refractivity contribution is 7.99. The zero-order valence-electron chi connectivity index (χ0n) is 16.5. The molecule has 1 aromatic carbocycles. The Hall–Kier alpha value is -2.12. The van der Waals surface area contributed by atoms with E-state index >= 15 is 0 Å². The minimum absolute atomic E-state index is 0.0561. The van der Waals surface area contributed by atoms with Crippen molar-refractivity contribution >= 4 is 39.2 Å². The van der Waals surface area contributed by atoms with E-state index in [1.165, 1.54) is 11.8 Å². The van der Waals surface area contributed by atoms with E-state index in [9.17, 15) is 9.59 Å². The first-order valence-electron chi connectivity index (χ1n) is 9.38. The van der Waals surface area contributed by atoms with Gasteiger partial charge in [0.15, 0.2) is 5.16 Å². The average Bonchev–Trinajstić information content (AvgIpc) is 2.89. The van der Waals surface area contributed by atoms with Gasteiger partial charge in [-0.05, 0) is 56.9 Å². The van der Waals surface area contributed by atoms with Crippen LogP contribution in [0.15, 0.2) is 28.2 Å². The normalized spacial score (nSPS) is 13.8. The Morgan fingerprint density at radius 3 is 2.61 bits per heavy atom. The molecule has 4 rings (SSSR count). The van der Waals surface area contributed by atoms with Crippen LogP contribution in [0.4, 0.5) is 0 Å². The number of hydrogen-bond acceptors (Lipinski definition) is 5. The van der Waals surface area contributed by atoms with Crippen LogP contribution in [0.1, 0.15) is 28.0 Å². The predicted octanol–water partition coefficient (Wildman–Crippen LogP) is 4.01. The van der Waals surface area contributed by atoms with Gasteiger partial charge in [0.25, 0.3) is 5.56 Å². The maximum Gasteiger partial charge on any atom is 0.267 e. The first kappa shape index (κ1) is 19.2. The molecule has 0 bridgehead atoms. The molecule has 3 heterocycles. The number of amides is 1. The number of nitrogens with zero attached hydrogens (tertiary/aromatic N) is 3. The van der Waals surface area contributed by atoms with Gasteiger partial charge >= 0.3 is 0 Å². The maximum atomic E-state index is 13.5. The fourth-order valence-corrected chi connectivity index (χ4v) is 5.32. The van der Waals surface area contributed by atoms with E-state index in [1.807, 2.05) is 50.8 Å². The summed E-state index contributed by atoms with van der Waals surface area (Å²) in [6.07, 6.45) is 1.07. The summed E-state index contributed by atoms with van der Waals surface area (Å²) in [5.41, 5.74) is 3.94. The highest BCUT2D eigenvalue weighted by Gasteiger charge is 2.23. The van der Waals surface area contributed by atoms with Crippen LogP contribution in [-0.2, 0) is 4.79 Å². The monoisotopic (exact) mass is 413 g/mol. The summed E-state index contributed by atoms with van der Waals surface area (Å²) in [4.78, 5) is 34.4. The fourth-order valence-electron chi connectivity index (χ4n) is 3.35. The standard InChI is InChI=1S/C21H23N3O2S2/c1-12-7-5-8-16(13(12)2)24-20(26)18-14(3)15(4)28-19(18)22-21(24)27-11-17(25)23-9-6-10-23/h5,7-8H,6,9-11H2,1-4H3. The Morgan fingerprint density at radius 1 is 1.18 bits per heavy atom. The van der Waals surface area contributed by atoms with Crippen molar-refractivity contribution in [2.75, 3.05) is 18.8 Å². The number of aromatic nitrogens is 2. The lowest BCUT2D eigenvalue weighted by molar-refractivity contribution is -0.131. The van der Waals surface area contributed by atoms with Gasteiger partial charge in [0.1, 0.15) is 4.83 Å². The molecule has 1 fully saturated rings. The fraction of sp³-hybridized carbons (Fsp3) is 0.381. The van der Waals surface area contributed by atoms with E-state index in [1.54, 1.807) is 15.9 Å². The summed E-state index contributed by atoms with van der Waals surface area (Å²) in [6, 6.07) is 5.95. The van der Waals surface area contributed by atoms with Crippen LogP contribution in [0.5, 0.6) is 0 Å². The van der Waals surface area contributed by atoms with Gasteiger partial charge in [-0.25, -0.2) is 4.98 Å². The summed E-state index contributed by atoms with van der Waals surface area (Å²) in [5, 5.41) is 1.27. The Labute approximate surface area is 172 Å². The molecule has 146 valence electrons. The third-order valence-electron chi connectivity index (χ3n) is 5.52. The van der Waals surface area contributed by atoms with E-state index in [4.69, 9.17) is 4.98 Å². The summed E-state index contributed by atoms with van der Waals surface area (Å²) >= 11 is 2.90. The minimum Gasteiger partial charge on any atom is -0.342 e. The SMILES string of the molecule is Cc1cccc(-n2c(SCC(=O)N3CCC3)nc3sc(C)c(C)c3c2=O)c1C. The molecule has 0 N–H and O–H groups in total. The molecule has 1 saturated heterocycles. The summed E-state index contributed by atoms with van der Waals surface area (Å²) in [5.74, 6) is 0.406. The van der Waals surface area contributed by atoms with Crippen molar-refractivity contribution < 1.29 is 4.79 Å². The molecule has 5 nitrogen and oxygen atoms in total. The summed E-state index contributed by atoms with van der Waals surface area (Å²) in [7, 11) is 0. The number of aryl methyl sites for hydroxylation is 3. The molecule has 0 saturated carbocycles. The van der Waals surface area contributed by atoms with Crippen molar-refractivity contribution in [1.29, 1.82) is 0 Å². The van der Waals surface area contributed by atoms with Crippen LogP contribution in [0.2, 0.25) is 0 Å². The van der Waals surface area contributed by atoms with Gasteiger partial charge in [0.05, 0.1) is 16.8 Å². The lowest BCUT2D eigenvalue weighted by atomic mass is 10.1. The van der Waals surface area contributed by atoms with Crippen LogP contribution in [0, 0.1) is 27.7 Å². The van der Waals surface area contributed by atoms with Crippen molar-refractivity contribution in [3.63, 3.8) is 0 Å². The number of thiophene rings is 1. The lowest BCUT2D eigenvalue weighted by Gasteiger charge is -2.30. The van der Waals surface area contributed by atoms with E-state index in [0.29, 0.717) is 16.3 Å². The van der Waals surface area contributed by atoms with E-state index < -0.39 is 0 Å². The number of carbonyl (C=O) groups is 1. The van der Waals surface area contributed by atoms with Gasteiger partial charge in [0.2, 0.25) is 5.91 Å². The number of rotatable bonds is 4. The molecule has 7 heteroatoms. The number of thioether (sulfide) groups is 1. The number of fused-ring (bicyclic) bond motifs is 1. The molecular formula is C21H23N3O2S2. The quantitative estimate of drug-likeness (QED) is 0.479. The smallest absolute Gasteiger partial charge is 0.267 e. The second-order valence-electron chi connectivity index (χ2n) is 7.24. The van der Waals surface area contributed by atoms with Crippen LogP contribution in [0.25, 0.3) is 15.9 Å². The van der Waals surface area contributed by atoms with Crippen molar-refractivity contribution in [1.82, 2.24) is 14.5 Å².